The molecule has 0 amide bonds. The van der Waals surface area contributed by atoms with E-state index >= 15 is 0 Å². The zero-order chi connectivity index (χ0) is 14.4. The van der Waals surface area contributed by atoms with Gasteiger partial charge in [-0.2, -0.15) is 0 Å². The summed E-state index contributed by atoms with van der Waals surface area (Å²) >= 11 is 0. The van der Waals surface area contributed by atoms with Gasteiger partial charge < -0.3 is 14.8 Å². The molecule has 1 aromatic rings. The first-order valence-corrected chi connectivity index (χ1v) is 7.67. The van der Waals surface area contributed by atoms with E-state index in [1.54, 1.807) is 14.2 Å². The molecule has 0 bridgehead atoms. The molecule has 3 nitrogen and oxygen atoms in total. The van der Waals surface area contributed by atoms with Crippen molar-refractivity contribution < 1.29 is 9.47 Å². The Bertz CT molecular complexity index is 415. The Morgan fingerprint density at radius 1 is 1.20 bits per heavy atom. The lowest BCUT2D eigenvalue weighted by molar-refractivity contribution is 0.266. The van der Waals surface area contributed by atoms with E-state index in [4.69, 9.17) is 9.47 Å². The quantitative estimate of drug-likeness (QED) is 0.790. The highest BCUT2D eigenvalue weighted by atomic mass is 16.5. The van der Waals surface area contributed by atoms with Crippen molar-refractivity contribution in [1.29, 1.82) is 0 Å². The van der Waals surface area contributed by atoms with Gasteiger partial charge in [0.1, 0.15) is 0 Å². The van der Waals surface area contributed by atoms with Crippen LogP contribution >= 0.6 is 0 Å². The van der Waals surface area contributed by atoms with Crippen molar-refractivity contribution in [2.24, 2.45) is 5.92 Å². The average Bonchev–Trinajstić information content (AvgIpc) is 2.42. The van der Waals surface area contributed by atoms with Gasteiger partial charge in [0.2, 0.25) is 0 Å². The molecule has 0 saturated heterocycles. The summed E-state index contributed by atoms with van der Waals surface area (Å²) < 4.78 is 10.6. The van der Waals surface area contributed by atoms with Crippen molar-refractivity contribution in [1.82, 2.24) is 5.32 Å². The molecule has 0 radical (unpaired) electrons. The van der Waals surface area contributed by atoms with E-state index < -0.39 is 0 Å². The normalized spacial score (nSPS) is 16.6. The SMILES string of the molecule is COc1ccc(CCNC(C)CC2CCC2)cc1OC. The van der Waals surface area contributed by atoms with Crippen LogP contribution in [0.25, 0.3) is 0 Å². The lowest BCUT2D eigenvalue weighted by Gasteiger charge is -2.28. The molecule has 3 heteroatoms. The topological polar surface area (TPSA) is 30.5 Å². The molecule has 1 unspecified atom stereocenters. The Balaban J connectivity index is 1.75. The maximum atomic E-state index is 5.33. The Labute approximate surface area is 122 Å². The predicted molar refractivity (Wildman–Crippen MR) is 82.7 cm³/mol. The zero-order valence-electron chi connectivity index (χ0n) is 12.9. The average molecular weight is 277 g/mol. The second-order valence-electron chi connectivity index (χ2n) is 5.83. The van der Waals surface area contributed by atoms with Crippen LogP contribution in [0.3, 0.4) is 0 Å². The standard InChI is InChI=1S/C17H27NO2/c1-13(11-14-5-4-6-14)18-10-9-15-7-8-16(19-2)17(12-15)20-3/h7-8,12-14,18H,4-6,9-11H2,1-3H3. The fourth-order valence-corrected chi connectivity index (χ4v) is 2.81. The van der Waals surface area contributed by atoms with Crippen molar-refractivity contribution in [2.45, 2.75) is 45.1 Å². The summed E-state index contributed by atoms with van der Waals surface area (Å²) in [5.74, 6) is 2.58. The van der Waals surface area contributed by atoms with E-state index in [0.717, 1.165) is 30.4 Å². The molecule has 0 aromatic heterocycles. The number of hydrogen-bond acceptors (Lipinski definition) is 3. The van der Waals surface area contributed by atoms with Gasteiger partial charge in [0.15, 0.2) is 11.5 Å². The van der Waals surface area contributed by atoms with E-state index in [0.29, 0.717) is 6.04 Å². The third-order valence-corrected chi connectivity index (χ3v) is 4.27. The maximum Gasteiger partial charge on any atom is 0.160 e. The zero-order valence-corrected chi connectivity index (χ0v) is 12.9. The van der Waals surface area contributed by atoms with Crippen molar-refractivity contribution in [3.8, 4) is 11.5 Å². The van der Waals surface area contributed by atoms with Crippen LogP contribution in [0.5, 0.6) is 11.5 Å². The highest BCUT2D eigenvalue weighted by molar-refractivity contribution is 5.42. The number of benzene rings is 1. The second-order valence-corrected chi connectivity index (χ2v) is 5.83. The molecule has 1 N–H and O–H groups in total. The Morgan fingerprint density at radius 2 is 1.95 bits per heavy atom. The van der Waals surface area contributed by atoms with E-state index in [2.05, 4.69) is 24.4 Å². The lowest BCUT2D eigenvalue weighted by atomic mass is 9.81. The molecule has 112 valence electrons. The van der Waals surface area contributed by atoms with E-state index in [-0.39, 0.29) is 0 Å². The largest absolute Gasteiger partial charge is 0.493 e. The molecule has 1 aliphatic carbocycles. The van der Waals surface area contributed by atoms with Gasteiger partial charge in [-0.3, -0.25) is 0 Å². The van der Waals surface area contributed by atoms with E-state index in [1.807, 2.05) is 6.07 Å². The monoisotopic (exact) mass is 277 g/mol. The van der Waals surface area contributed by atoms with Crippen LogP contribution in [-0.4, -0.2) is 26.8 Å². The van der Waals surface area contributed by atoms with Gasteiger partial charge in [-0.05, 0) is 49.9 Å². The number of hydrogen-bond donors (Lipinski definition) is 1. The molecule has 1 aromatic carbocycles. The van der Waals surface area contributed by atoms with Crippen LogP contribution in [0.2, 0.25) is 0 Å². The highest BCUT2D eigenvalue weighted by Crippen LogP contribution is 2.30. The third-order valence-electron chi connectivity index (χ3n) is 4.27. The molecule has 1 fully saturated rings. The Kier molecular flexibility index (Phi) is 5.72. The molecule has 1 atom stereocenters. The fourth-order valence-electron chi connectivity index (χ4n) is 2.81. The number of rotatable bonds is 8. The Morgan fingerprint density at radius 3 is 2.55 bits per heavy atom. The first-order chi connectivity index (χ1) is 9.72. The van der Waals surface area contributed by atoms with E-state index in [1.165, 1.54) is 31.2 Å². The second kappa shape index (κ2) is 7.53. The number of ether oxygens (including phenoxy) is 2. The summed E-state index contributed by atoms with van der Waals surface area (Å²) in [4.78, 5) is 0. The van der Waals surface area contributed by atoms with Gasteiger partial charge in [-0.25, -0.2) is 0 Å². The molecule has 2 rings (SSSR count). The summed E-state index contributed by atoms with van der Waals surface area (Å²) in [7, 11) is 3.35. The summed E-state index contributed by atoms with van der Waals surface area (Å²) in [6.07, 6.45) is 6.65. The summed E-state index contributed by atoms with van der Waals surface area (Å²) in [6.45, 7) is 3.32. The predicted octanol–water partition coefficient (Wildman–Crippen LogP) is 3.41. The summed E-state index contributed by atoms with van der Waals surface area (Å²) in [5.41, 5.74) is 1.28. The van der Waals surface area contributed by atoms with Crippen molar-refractivity contribution >= 4 is 0 Å². The molecular weight excluding hydrogens is 250 g/mol. The van der Waals surface area contributed by atoms with Crippen LogP contribution < -0.4 is 14.8 Å². The smallest absolute Gasteiger partial charge is 0.160 e. The van der Waals surface area contributed by atoms with Gasteiger partial charge >= 0.3 is 0 Å². The van der Waals surface area contributed by atoms with Crippen LogP contribution in [-0.2, 0) is 6.42 Å². The first-order valence-electron chi connectivity index (χ1n) is 7.67. The van der Waals surface area contributed by atoms with Crippen LogP contribution in [0.1, 0.15) is 38.2 Å². The van der Waals surface area contributed by atoms with Crippen LogP contribution in [0.15, 0.2) is 18.2 Å². The van der Waals surface area contributed by atoms with Crippen molar-refractivity contribution in [3.05, 3.63) is 23.8 Å². The van der Waals surface area contributed by atoms with Crippen molar-refractivity contribution in [3.63, 3.8) is 0 Å². The minimum Gasteiger partial charge on any atom is -0.493 e. The maximum absolute atomic E-state index is 5.33. The van der Waals surface area contributed by atoms with Crippen LogP contribution in [0, 0.1) is 5.92 Å². The highest BCUT2D eigenvalue weighted by Gasteiger charge is 2.19. The molecule has 0 heterocycles. The minimum atomic E-state index is 0.625. The molecule has 0 aliphatic heterocycles. The van der Waals surface area contributed by atoms with E-state index in [9.17, 15) is 0 Å². The van der Waals surface area contributed by atoms with Gasteiger partial charge in [-0.15, -0.1) is 0 Å². The number of methoxy groups -OCH3 is 2. The van der Waals surface area contributed by atoms with Gasteiger partial charge in [-0.1, -0.05) is 25.3 Å². The summed E-state index contributed by atoms with van der Waals surface area (Å²) in [5, 5.41) is 3.62. The van der Waals surface area contributed by atoms with Gasteiger partial charge in [0.25, 0.3) is 0 Å². The summed E-state index contributed by atoms with van der Waals surface area (Å²) in [6, 6.07) is 6.78. The molecule has 1 aliphatic rings. The lowest BCUT2D eigenvalue weighted by Crippen LogP contribution is -2.31. The minimum absolute atomic E-state index is 0.625. The number of nitrogens with one attached hydrogen (secondary N) is 1. The molecular formula is C17H27NO2. The van der Waals surface area contributed by atoms with Gasteiger partial charge in [0.05, 0.1) is 14.2 Å². The van der Waals surface area contributed by atoms with Crippen LogP contribution in [0.4, 0.5) is 0 Å². The third kappa shape index (κ3) is 4.14. The van der Waals surface area contributed by atoms with Crippen molar-refractivity contribution in [2.75, 3.05) is 20.8 Å². The Hall–Kier alpha value is -1.22. The molecule has 1 saturated carbocycles. The van der Waals surface area contributed by atoms with Gasteiger partial charge in [0, 0.05) is 6.04 Å². The molecule has 20 heavy (non-hydrogen) atoms. The fraction of sp³-hybridized carbons (Fsp3) is 0.647. The molecule has 0 spiro atoms. The first kappa shape index (κ1) is 15.2.